The average molecular weight is 447 g/mol. The maximum absolute atomic E-state index is 11.4. The number of amides is 1. The molecule has 0 aliphatic heterocycles. The van der Waals surface area contributed by atoms with Gasteiger partial charge in [-0.15, -0.1) is 0 Å². The second-order valence-electron chi connectivity index (χ2n) is 6.37. The summed E-state index contributed by atoms with van der Waals surface area (Å²) in [6.45, 7) is 9.38. The molecule has 0 saturated heterocycles. The van der Waals surface area contributed by atoms with Gasteiger partial charge in [0.2, 0.25) is 5.91 Å². The summed E-state index contributed by atoms with van der Waals surface area (Å²) >= 11 is 3.57. The van der Waals surface area contributed by atoms with Crippen molar-refractivity contribution < 1.29 is 14.3 Å². The summed E-state index contributed by atoms with van der Waals surface area (Å²) in [4.78, 5) is 13.1. The fraction of sp³-hybridized carbons (Fsp3) is 0.318. The number of benzene rings is 2. The summed E-state index contributed by atoms with van der Waals surface area (Å²) < 4.78 is 12.3. The van der Waals surface area contributed by atoms with Crippen molar-refractivity contribution in [1.29, 1.82) is 0 Å². The normalized spacial score (nSPS) is 10.3. The Morgan fingerprint density at radius 1 is 1.25 bits per heavy atom. The van der Waals surface area contributed by atoms with Crippen LogP contribution in [0.3, 0.4) is 0 Å². The van der Waals surface area contributed by atoms with Gasteiger partial charge in [0.25, 0.3) is 0 Å². The molecule has 2 rings (SSSR count). The highest BCUT2D eigenvalue weighted by Crippen LogP contribution is 2.37. The van der Waals surface area contributed by atoms with Gasteiger partial charge in [-0.1, -0.05) is 24.8 Å². The molecule has 6 heteroatoms. The molecular formula is C22H27BrN2O3. The van der Waals surface area contributed by atoms with Crippen LogP contribution in [0.1, 0.15) is 25.0 Å². The number of carbonyl (C=O) groups is 1. The zero-order valence-corrected chi connectivity index (χ0v) is 18.2. The summed E-state index contributed by atoms with van der Waals surface area (Å²) in [5.74, 6) is 1.43. The molecule has 0 aliphatic rings. The van der Waals surface area contributed by atoms with Gasteiger partial charge in [-0.25, -0.2) is 0 Å². The maximum atomic E-state index is 11.4. The molecule has 0 atom stereocenters. The van der Waals surface area contributed by atoms with Gasteiger partial charge in [-0.2, -0.15) is 0 Å². The third-order valence-electron chi connectivity index (χ3n) is 4.10. The number of hydrogen-bond acceptors (Lipinski definition) is 4. The molecule has 0 spiro atoms. The van der Waals surface area contributed by atoms with Crippen LogP contribution in [0.4, 0.5) is 5.69 Å². The van der Waals surface area contributed by atoms with Crippen LogP contribution in [0.2, 0.25) is 0 Å². The quantitative estimate of drug-likeness (QED) is 0.521. The van der Waals surface area contributed by atoms with Gasteiger partial charge in [0.05, 0.1) is 11.1 Å². The Balaban J connectivity index is 2.11. The molecule has 1 N–H and O–H groups in total. The van der Waals surface area contributed by atoms with E-state index in [1.807, 2.05) is 37.3 Å². The average Bonchev–Trinajstić information content (AvgIpc) is 2.66. The van der Waals surface area contributed by atoms with Crippen LogP contribution in [0.5, 0.6) is 11.5 Å². The first-order valence-electron chi connectivity index (χ1n) is 9.18. The van der Waals surface area contributed by atoms with Gasteiger partial charge in [0.15, 0.2) is 11.5 Å². The fourth-order valence-electron chi connectivity index (χ4n) is 2.64. The summed E-state index contributed by atoms with van der Waals surface area (Å²) in [6, 6.07) is 12.1. The Morgan fingerprint density at radius 2 is 2.04 bits per heavy atom. The van der Waals surface area contributed by atoms with Crippen LogP contribution in [0, 0.1) is 0 Å². The number of ether oxygens (including phenoxy) is 2. The molecule has 5 nitrogen and oxygen atoms in total. The Bertz CT molecular complexity index is 823. The lowest BCUT2D eigenvalue weighted by Crippen LogP contribution is -2.23. The largest absolute Gasteiger partial charge is 0.490 e. The highest BCUT2D eigenvalue weighted by molar-refractivity contribution is 9.10. The molecule has 2 aromatic rings. The maximum Gasteiger partial charge on any atom is 0.219 e. The van der Waals surface area contributed by atoms with E-state index >= 15 is 0 Å². The van der Waals surface area contributed by atoms with E-state index in [2.05, 4.69) is 33.9 Å². The zero-order valence-electron chi connectivity index (χ0n) is 16.6. The molecule has 2 aromatic carbocycles. The first-order valence-corrected chi connectivity index (χ1v) is 9.97. The van der Waals surface area contributed by atoms with Crippen LogP contribution in [-0.2, 0) is 17.9 Å². The highest BCUT2D eigenvalue weighted by Gasteiger charge is 2.12. The van der Waals surface area contributed by atoms with E-state index in [1.54, 1.807) is 24.9 Å². The van der Waals surface area contributed by atoms with Crippen molar-refractivity contribution in [2.24, 2.45) is 0 Å². The van der Waals surface area contributed by atoms with Crippen LogP contribution in [0.15, 0.2) is 53.5 Å². The van der Waals surface area contributed by atoms with Gasteiger partial charge < -0.3 is 19.7 Å². The SMILES string of the molecule is C=CCOc1c(Br)cc(CNc2cccc(CN(C)C(C)=O)c2)cc1OCC. The number of nitrogens with one attached hydrogen (secondary N) is 1. The topological polar surface area (TPSA) is 50.8 Å². The highest BCUT2D eigenvalue weighted by atomic mass is 79.9. The van der Waals surface area contributed by atoms with Crippen LogP contribution < -0.4 is 14.8 Å². The molecule has 1 amide bonds. The number of nitrogens with zero attached hydrogens (tertiary/aromatic N) is 1. The van der Waals surface area contributed by atoms with Gasteiger partial charge >= 0.3 is 0 Å². The number of halogens is 1. The number of anilines is 1. The van der Waals surface area contributed by atoms with Crippen molar-refractivity contribution in [2.45, 2.75) is 26.9 Å². The van der Waals surface area contributed by atoms with Crippen molar-refractivity contribution in [2.75, 3.05) is 25.6 Å². The lowest BCUT2D eigenvalue weighted by atomic mass is 10.1. The monoisotopic (exact) mass is 446 g/mol. The number of rotatable bonds is 10. The van der Waals surface area contributed by atoms with E-state index < -0.39 is 0 Å². The molecule has 28 heavy (non-hydrogen) atoms. The predicted molar refractivity (Wildman–Crippen MR) is 117 cm³/mol. The summed E-state index contributed by atoms with van der Waals surface area (Å²) in [6.07, 6.45) is 1.70. The second kappa shape index (κ2) is 10.8. The van der Waals surface area contributed by atoms with Crippen LogP contribution in [0.25, 0.3) is 0 Å². The Hall–Kier alpha value is -2.47. The standard InChI is InChI=1S/C22H27BrN2O3/c1-5-10-28-22-20(23)12-18(13-21(22)27-6-2)14-24-19-9-7-8-17(11-19)15-25(4)16(3)26/h5,7-9,11-13,24H,1,6,10,14-15H2,2-4H3. The lowest BCUT2D eigenvalue weighted by molar-refractivity contribution is -0.128. The van der Waals surface area contributed by atoms with E-state index in [0.717, 1.165) is 21.3 Å². The molecule has 0 saturated carbocycles. The predicted octanol–water partition coefficient (Wildman–Crippen LogP) is 5.00. The summed E-state index contributed by atoms with van der Waals surface area (Å²) in [5.41, 5.74) is 3.13. The Labute approximate surface area is 175 Å². The molecule has 0 unspecified atom stereocenters. The summed E-state index contributed by atoms with van der Waals surface area (Å²) in [7, 11) is 1.80. The minimum Gasteiger partial charge on any atom is -0.490 e. The number of hydrogen-bond donors (Lipinski definition) is 1. The Morgan fingerprint density at radius 3 is 2.71 bits per heavy atom. The molecule has 0 aliphatic carbocycles. The molecule has 0 radical (unpaired) electrons. The van der Waals surface area contributed by atoms with E-state index in [4.69, 9.17) is 9.47 Å². The minimum absolute atomic E-state index is 0.0467. The Kier molecular flexibility index (Phi) is 8.39. The fourth-order valence-corrected chi connectivity index (χ4v) is 3.24. The van der Waals surface area contributed by atoms with Gasteiger partial charge in [-0.05, 0) is 58.2 Å². The van der Waals surface area contributed by atoms with Gasteiger partial charge in [0.1, 0.15) is 6.61 Å². The van der Waals surface area contributed by atoms with E-state index in [1.165, 1.54) is 0 Å². The van der Waals surface area contributed by atoms with E-state index in [0.29, 0.717) is 37.8 Å². The smallest absolute Gasteiger partial charge is 0.219 e. The van der Waals surface area contributed by atoms with Crippen molar-refractivity contribution in [3.05, 3.63) is 64.7 Å². The van der Waals surface area contributed by atoms with Crippen molar-refractivity contribution >= 4 is 27.5 Å². The molecule has 0 fully saturated rings. The van der Waals surface area contributed by atoms with E-state index in [-0.39, 0.29) is 5.91 Å². The lowest BCUT2D eigenvalue weighted by Gasteiger charge is -2.17. The van der Waals surface area contributed by atoms with Gasteiger partial charge in [0, 0.05) is 32.7 Å². The number of carbonyl (C=O) groups excluding carboxylic acids is 1. The zero-order chi connectivity index (χ0) is 20.5. The molecule has 0 aromatic heterocycles. The third kappa shape index (κ3) is 6.30. The first-order chi connectivity index (χ1) is 13.4. The van der Waals surface area contributed by atoms with Crippen molar-refractivity contribution in [3.8, 4) is 11.5 Å². The van der Waals surface area contributed by atoms with E-state index in [9.17, 15) is 4.79 Å². The van der Waals surface area contributed by atoms with Crippen molar-refractivity contribution in [3.63, 3.8) is 0 Å². The summed E-state index contributed by atoms with van der Waals surface area (Å²) in [5, 5.41) is 3.43. The van der Waals surface area contributed by atoms with Crippen LogP contribution >= 0.6 is 15.9 Å². The van der Waals surface area contributed by atoms with Crippen molar-refractivity contribution in [1.82, 2.24) is 4.90 Å². The van der Waals surface area contributed by atoms with Crippen LogP contribution in [-0.4, -0.2) is 31.1 Å². The second-order valence-corrected chi connectivity index (χ2v) is 7.22. The molecule has 150 valence electrons. The minimum atomic E-state index is 0.0467. The molecule has 0 heterocycles. The van der Waals surface area contributed by atoms with Gasteiger partial charge in [-0.3, -0.25) is 4.79 Å². The molecular weight excluding hydrogens is 420 g/mol. The first kappa shape index (κ1) is 21.8. The molecule has 0 bridgehead atoms. The third-order valence-corrected chi connectivity index (χ3v) is 4.68.